The van der Waals surface area contributed by atoms with Gasteiger partial charge in [0.2, 0.25) is 0 Å². The van der Waals surface area contributed by atoms with Gasteiger partial charge < -0.3 is 10.1 Å². The number of carbonyl (C=O) groups is 1. The number of nitrogens with zero attached hydrogens (tertiary/aromatic N) is 2. The number of amides is 1. The van der Waals surface area contributed by atoms with E-state index >= 15 is 0 Å². The van der Waals surface area contributed by atoms with Gasteiger partial charge in [-0.05, 0) is 44.4 Å². The number of rotatable bonds is 4. The van der Waals surface area contributed by atoms with E-state index in [1.165, 1.54) is 25.7 Å². The van der Waals surface area contributed by atoms with Crippen molar-refractivity contribution in [1.29, 1.82) is 0 Å². The molecule has 23 heavy (non-hydrogen) atoms. The molecule has 1 amide bonds. The minimum Gasteiger partial charge on any atom is -0.379 e. The number of amidine groups is 1. The van der Waals surface area contributed by atoms with Crippen molar-refractivity contribution in [1.82, 2.24) is 10.2 Å². The van der Waals surface area contributed by atoms with Gasteiger partial charge in [-0.15, -0.1) is 0 Å². The molecular weight excluding hydrogens is 310 g/mol. The summed E-state index contributed by atoms with van der Waals surface area (Å²) < 4.78 is 5.00. The maximum atomic E-state index is 12.4. The number of ether oxygens (including phenoxy) is 1. The Morgan fingerprint density at radius 2 is 2.17 bits per heavy atom. The van der Waals surface area contributed by atoms with Gasteiger partial charge in [0.05, 0.1) is 13.2 Å². The van der Waals surface area contributed by atoms with E-state index in [0.29, 0.717) is 6.04 Å². The highest BCUT2D eigenvalue weighted by atomic mass is 32.2. The van der Waals surface area contributed by atoms with E-state index in [-0.39, 0.29) is 5.91 Å². The van der Waals surface area contributed by atoms with Crippen molar-refractivity contribution < 1.29 is 9.53 Å². The number of hydrogen-bond donors (Lipinski definition) is 1. The Labute approximate surface area is 142 Å². The summed E-state index contributed by atoms with van der Waals surface area (Å²) in [7, 11) is 0. The smallest absolute Gasteiger partial charge is 0.264 e. The summed E-state index contributed by atoms with van der Waals surface area (Å²) in [6.07, 6.45) is 6.25. The van der Waals surface area contributed by atoms with Crippen LogP contribution in [0.5, 0.6) is 0 Å². The average Bonchev–Trinajstić information content (AvgIpc) is 3.23. The van der Waals surface area contributed by atoms with Gasteiger partial charge in [-0.3, -0.25) is 9.69 Å². The Bertz CT molecular complexity index is 506. The maximum Gasteiger partial charge on any atom is 0.264 e. The molecule has 2 bridgehead atoms. The maximum absolute atomic E-state index is 12.4. The molecule has 5 nitrogen and oxygen atoms in total. The monoisotopic (exact) mass is 337 g/mol. The van der Waals surface area contributed by atoms with Crippen molar-refractivity contribution in [3.05, 3.63) is 0 Å². The Morgan fingerprint density at radius 1 is 1.35 bits per heavy atom. The molecule has 2 heterocycles. The van der Waals surface area contributed by atoms with Crippen LogP contribution in [0.25, 0.3) is 0 Å². The molecule has 1 saturated heterocycles. The third kappa shape index (κ3) is 3.30. The number of hydrogen-bond acceptors (Lipinski definition) is 5. The van der Waals surface area contributed by atoms with E-state index in [1.807, 2.05) is 0 Å². The number of morpholine rings is 1. The summed E-state index contributed by atoms with van der Waals surface area (Å²) >= 11 is 1.66. The van der Waals surface area contributed by atoms with Crippen LogP contribution >= 0.6 is 11.8 Å². The number of fused-ring (bicyclic) bond motifs is 2. The Balaban J connectivity index is 1.30. The average molecular weight is 337 g/mol. The van der Waals surface area contributed by atoms with Crippen LogP contribution in [0.3, 0.4) is 0 Å². The van der Waals surface area contributed by atoms with Crippen LogP contribution in [0.4, 0.5) is 0 Å². The van der Waals surface area contributed by atoms with Gasteiger partial charge in [0.25, 0.3) is 5.91 Å². The molecule has 0 aromatic heterocycles. The fraction of sp³-hybridized carbons (Fsp3) is 0.882. The van der Waals surface area contributed by atoms with Crippen molar-refractivity contribution in [3.8, 4) is 0 Å². The lowest BCUT2D eigenvalue weighted by Gasteiger charge is -2.30. The second-order valence-electron chi connectivity index (χ2n) is 7.68. The first-order valence-electron chi connectivity index (χ1n) is 9.01. The first kappa shape index (κ1) is 15.9. The Kier molecular flexibility index (Phi) is 4.41. The van der Waals surface area contributed by atoms with Crippen LogP contribution in [0.2, 0.25) is 0 Å². The molecule has 3 fully saturated rings. The summed E-state index contributed by atoms with van der Waals surface area (Å²) in [6.45, 7) is 6.59. The van der Waals surface area contributed by atoms with Crippen LogP contribution in [-0.4, -0.2) is 59.6 Å². The topological polar surface area (TPSA) is 53.9 Å². The van der Waals surface area contributed by atoms with Gasteiger partial charge in [0, 0.05) is 25.7 Å². The minimum atomic E-state index is -0.391. The zero-order valence-electron chi connectivity index (χ0n) is 13.9. The number of nitrogens with one attached hydrogen (secondary N) is 1. The standard InChI is InChI=1S/C17H27N3O2S/c1-17(4-5-20-6-8-22-9-7-20)15(21)19-16(23-17)18-14-11-12-2-3-13(14)10-12/h12-14H,2-11H2,1H3,(H,18,19,21). The quantitative estimate of drug-likeness (QED) is 0.849. The molecule has 6 heteroatoms. The molecule has 0 aromatic rings. The van der Waals surface area contributed by atoms with Gasteiger partial charge in [0.15, 0.2) is 5.17 Å². The molecule has 128 valence electrons. The Morgan fingerprint density at radius 3 is 2.87 bits per heavy atom. The highest BCUT2D eigenvalue weighted by Crippen LogP contribution is 2.45. The van der Waals surface area contributed by atoms with Crippen LogP contribution in [0.15, 0.2) is 4.99 Å². The molecule has 4 atom stereocenters. The summed E-state index contributed by atoms with van der Waals surface area (Å²) in [5.41, 5.74) is 0. The van der Waals surface area contributed by atoms with Gasteiger partial charge >= 0.3 is 0 Å². The van der Waals surface area contributed by atoms with Crippen LogP contribution in [0, 0.1) is 11.8 Å². The first-order chi connectivity index (χ1) is 11.1. The summed E-state index contributed by atoms with van der Waals surface area (Å²) in [4.78, 5) is 19.2. The van der Waals surface area contributed by atoms with E-state index in [0.717, 1.165) is 56.3 Å². The molecule has 4 aliphatic rings. The third-order valence-corrected chi connectivity index (χ3v) is 7.26. The zero-order chi connectivity index (χ0) is 15.9. The molecule has 1 N–H and O–H groups in total. The van der Waals surface area contributed by atoms with Crippen molar-refractivity contribution in [2.45, 2.75) is 49.8 Å². The van der Waals surface area contributed by atoms with Gasteiger partial charge in [-0.2, -0.15) is 4.99 Å². The highest BCUT2D eigenvalue weighted by molar-refractivity contribution is 8.16. The van der Waals surface area contributed by atoms with E-state index in [1.54, 1.807) is 11.8 Å². The lowest BCUT2D eigenvalue weighted by molar-refractivity contribution is -0.119. The number of aliphatic imine (C=N–C) groups is 1. The first-order valence-corrected chi connectivity index (χ1v) is 9.83. The van der Waals surface area contributed by atoms with E-state index in [9.17, 15) is 4.79 Å². The number of thioether (sulfide) groups is 1. The molecule has 0 spiro atoms. The largest absolute Gasteiger partial charge is 0.379 e. The highest BCUT2D eigenvalue weighted by Gasteiger charge is 2.44. The predicted molar refractivity (Wildman–Crippen MR) is 92.7 cm³/mol. The SMILES string of the molecule is CC1(CCN2CCOCC2)SC(NC2CC3CCC2C3)=NC1=O. The van der Waals surface area contributed by atoms with Gasteiger partial charge in [-0.25, -0.2) is 0 Å². The van der Waals surface area contributed by atoms with Crippen LogP contribution in [-0.2, 0) is 9.53 Å². The minimum absolute atomic E-state index is 0.0430. The second kappa shape index (κ2) is 6.37. The van der Waals surface area contributed by atoms with Gasteiger partial charge in [0.1, 0.15) is 4.75 Å². The lowest BCUT2D eigenvalue weighted by Crippen LogP contribution is -2.41. The molecule has 4 rings (SSSR count). The normalized spacial score (nSPS) is 40.7. The second-order valence-corrected chi connectivity index (χ2v) is 9.18. The van der Waals surface area contributed by atoms with E-state index in [4.69, 9.17) is 4.74 Å². The molecule has 0 aromatic carbocycles. The van der Waals surface area contributed by atoms with E-state index < -0.39 is 4.75 Å². The molecule has 4 unspecified atom stereocenters. The lowest BCUT2D eigenvalue weighted by atomic mass is 9.96. The Hall–Kier alpha value is -0.590. The summed E-state index contributed by atoms with van der Waals surface area (Å²) in [5, 5.41) is 4.46. The zero-order valence-corrected chi connectivity index (χ0v) is 14.7. The molecular formula is C17H27N3O2S. The molecule has 2 aliphatic carbocycles. The van der Waals surface area contributed by atoms with Crippen LogP contribution in [0.1, 0.15) is 39.0 Å². The predicted octanol–water partition coefficient (Wildman–Crippen LogP) is 1.87. The van der Waals surface area contributed by atoms with E-state index in [2.05, 4.69) is 22.1 Å². The fourth-order valence-corrected chi connectivity index (χ4v) is 5.58. The molecule has 2 aliphatic heterocycles. The number of carbonyl (C=O) groups excluding carboxylic acids is 1. The van der Waals surface area contributed by atoms with Crippen molar-refractivity contribution >= 4 is 22.8 Å². The molecule has 0 radical (unpaired) electrons. The summed E-state index contributed by atoms with van der Waals surface area (Å²) in [5.74, 6) is 1.76. The van der Waals surface area contributed by atoms with Gasteiger partial charge in [-0.1, -0.05) is 18.2 Å². The van der Waals surface area contributed by atoms with Crippen LogP contribution < -0.4 is 5.32 Å². The summed E-state index contributed by atoms with van der Waals surface area (Å²) in [6, 6.07) is 0.550. The third-order valence-electron chi connectivity index (χ3n) is 6.03. The van der Waals surface area contributed by atoms with Crippen molar-refractivity contribution in [3.63, 3.8) is 0 Å². The molecule has 2 saturated carbocycles. The fourth-order valence-electron chi connectivity index (χ4n) is 4.49. The van der Waals surface area contributed by atoms with Crippen molar-refractivity contribution in [2.75, 3.05) is 32.8 Å². The van der Waals surface area contributed by atoms with Crippen molar-refractivity contribution in [2.24, 2.45) is 16.8 Å².